The summed E-state index contributed by atoms with van der Waals surface area (Å²) in [7, 11) is 0. The monoisotopic (exact) mass is 218 g/mol. The molecule has 1 heterocycles. The summed E-state index contributed by atoms with van der Waals surface area (Å²) >= 11 is 0. The van der Waals surface area contributed by atoms with Crippen molar-refractivity contribution in [2.24, 2.45) is 0 Å². The van der Waals surface area contributed by atoms with Crippen LogP contribution in [-0.4, -0.2) is 11.2 Å². The summed E-state index contributed by atoms with van der Waals surface area (Å²) in [5.74, 6) is 0.500. The van der Waals surface area contributed by atoms with E-state index in [1.54, 1.807) is 30.3 Å². The van der Waals surface area contributed by atoms with Crippen LogP contribution in [0.1, 0.15) is 5.69 Å². The molecule has 5 nitrogen and oxygen atoms in total. The molecule has 0 aliphatic rings. The number of hydrogen-bond donors (Lipinski definition) is 1. The maximum atomic E-state index is 11.3. The zero-order valence-electron chi connectivity index (χ0n) is 8.42. The van der Waals surface area contributed by atoms with Crippen molar-refractivity contribution in [2.45, 2.75) is 6.54 Å². The fraction of sp³-hybridized carbons (Fsp3) is 0.0909. The van der Waals surface area contributed by atoms with Crippen LogP contribution < -0.4 is 10.1 Å². The molecule has 0 atom stereocenters. The van der Waals surface area contributed by atoms with Crippen LogP contribution in [0, 0.1) is 0 Å². The number of rotatable bonds is 3. The summed E-state index contributed by atoms with van der Waals surface area (Å²) in [5, 5.41) is 6.20. The van der Waals surface area contributed by atoms with Crippen molar-refractivity contribution in [1.29, 1.82) is 0 Å². The van der Waals surface area contributed by atoms with Gasteiger partial charge in [-0.15, -0.1) is 0 Å². The van der Waals surface area contributed by atoms with Gasteiger partial charge in [-0.05, 0) is 12.1 Å². The Bertz CT molecular complexity index is 440. The third-order valence-corrected chi connectivity index (χ3v) is 1.86. The van der Waals surface area contributed by atoms with Gasteiger partial charge in [0, 0.05) is 6.07 Å². The number of carbonyl (C=O) groups is 1. The van der Waals surface area contributed by atoms with Crippen LogP contribution in [-0.2, 0) is 6.54 Å². The number of nitrogens with zero attached hydrogens (tertiary/aromatic N) is 1. The van der Waals surface area contributed by atoms with Crippen LogP contribution in [0.5, 0.6) is 5.75 Å². The van der Waals surface area contributed by atoms with Gasteiger partial charge in [0.15, 0.2) is 0 Å². The molecule has 0 aliphatic heterocycles. The molecule has 1 amide bonds. The Kier molecular flexibility index (Phi) is 3.18. The zero-order valence-corrected chi connectivity index (χ0v) is 8.42. The van der Waals surface area contributed by atoms with Crippen molar-refractivity contribution < 1.29 is 14.1 Å². The van der Waals surface area contributed by atoms with Gasteiger partial charge in [0.2, 0.25) is 0 Å². The smallest absolute Gasteiger partial charge is 0.410 e. The molecular formula is C11H10N2O3. The third kappa shape index (κ3) is 2.84. The van der Waals surface area contributed by atoms with Gasteiger partial charge in [0.25, 0.3) is 0 Å². The maximum Gasteiger partial charge on any atom is 0.412 e. The van der Waals surface area contributed by atoms with Crippen molar-refractivity contribution >= 4 is 6.09 Å². The Hall–Kier alpha value is -2.30. The van der Waals surface area contributed by atoms with Gasteiger partial charge in [-0.2, -0.15) is 0 Å². The van der Waals surface area contributed by atoms with Crippen molar-refractivity contribution in [3.05, 3.63) is 48.4 Å². The van der Waals surface area contributed by atoms with Gasteiger partial charge >= 0.3 is 6.09 Å². The van der Waals surface area contributed by atoms with Crippen LogP contribution in [0.15, 0.2) is 47.2 Å². The summed E-state index contributed by atoms with van der Waals surface area (Å²) in [6.07, 6.45) is 0.925. The first-order valence-corrected chi connectivity index (χ1v) is 4.74. The SMILES string of the molecule is O=C(NCc1ccon1)Oc1ccccc1. The molecule has 0 saturated carbocycles. The average molecular weight is 218 g/mol. The molecule has 2 rings (SSSR count). The summed E-state index contributed by atoms with van der Waals surface area (Å²) < 4.78 is 9.63. The van der Waals surface area contributed by atoms with Crippen LogP contribution in [0.4, 0.5) is 4.79 Å². The molecular weight excluding hydrogens is 208 g/mol. The summed E-state index contributed by atoms with van der Waals surface area (Å²) in [4.78, 5) is 11.3. The lowest BCUT2D eigenvalue weighted by atomic mass is 10.3. The van der Waals surface area contributed by atoms with E-state index in [4.69, 9.17) is 4.74 Å². The molecule has 5 heteroatoms. The largest absolute Gasteiger partial charge is 0.412 e. The van der Waals surface area contributed by atoms with Crippen molar-refractivity contribution in [3.8, 4) is 5.75 Å². The number of ether oxygens (including phenoxy) is 1. The second-order valence-corrected chi connectivity index (χ2v) is 3.05. The van der Waals surface area contributed by atoms with E-state index in [-0.39, 0.29) is 6.54 Å². The lowest BCUT2D eigenvalue weighted by molar-refractivity contribution is 0.199. The zero-order chi connectivity index (χ0) is 11.2. The summed E-state index contributed by atoms with van der Waals surface area (Å²) in [5.41, 5.74) is 0.644. The molecule has 2 aromatic rings. The second-order valence-electron chi connectivity index (χ2n) is 3.05. The number of carbonyl (C=O) groups excluding carboxylic acids is 1. The number of benzene rings is 1. The molecule has 0 unspecified atom stereocenters. The number of amides is 1. The minimum absolute atomic E-state index is 0.280. The van der Waals surface area contributed by atoms with Crippen LogP contribution >= 0.6 is 0 Å². The van der Waals surface area contributed by atoms with E-state index in [9.17, 15) is 4.79 Å². The molecule has 16 heavy (non-hydrogen) atoms. The van der Waals surface area contributed by atoms with Gasteiger partial charge < -0.3 is 14.6 Å². The van der Waals surface area contributed by atoms with Crippen molar-refractivity contribution in [3.63, 3.8) is 0 Å². The van der Waals surface area contributed by atoms with Gasteiger partial charge in [0.1, 0.15) is 17.7 Å². The average Bonchev–Trinajstić information content (AvgIpc) is 2.81. The van der Waals surface area contributed by atoms with E-state index in [0.717, 1.165) is 0 Å². The van der Waals surface area contributed by atoms with Crippen molar-refractivity contribution in [1.82, 2.24) is 10.5 Å². The van der Waals surface area contributed by atoms with Crippen LogP contribution in [0.25, 0.3) is 0 Å². The highest BCUT2D eigenvalue weighted by atomic mass is 16.6. The molecule has 1 aromatic heterocycles. The van der Waals surface area contributed by atoms with E-state index in [1.165, 1.54) is 6.26 Å². The molecule has 1 N–H and O–H groups in total. The Morgan fingerprint density at radius 3 is 2.81 bits per heavy atom. The van der Waals surface area contributed by atoms with Gasteiger partial charge in [-0.1, -0.05) is 23.4 Å². The van der Waals surface area contributed by atoms with Gasteiger partial charge in [-0.25, -0.2) is 4.79 Å². The second kappa shape index (κ2) is 4.97. The first-order valence-electron chi connectivity index (χ1n) is 4.74. The normalized spacial score (nSPS) is 9.75. The predicted molar refractivity (Wildman–Crippen MR) is 55.8 cm³/mol. The highest BCUT2D eigenvalue weighted by Gasteiger charge is 2.04. The quantitative estimate of drug-likeness (QED) is 0.855. The van der Waals surface area contributed by atoms with E-state index in [0.29, 0.717) is 11.4 Å². The topological polar surface area (TPSA) is 64.4 Å². The molecule has 0 bridgehead atoms. The van der Waals surface area contributed by atoms with Gasteiger partial charge in [-0.3, -0.25) is 0 Å². The van der Waals surface area contributed by atoms with E-state index in [1.807, 2.05) is 6.07 Å². The molecule has 82 valence electrons. The fourth-order valence-corrected chi connectivity index (χ4v) is 1.12. The number of nitrogens with one attached hydrogen (secondary N) is 1. The summed E-state index contributed by atoms with van der Waals surface area (Å²) in [6.45, 7) is 0.280. The Balaban J connectivity index is 1.81. The Morgan fingerprint density at radius 1 is 1.31 bits per heavy atom. The molecule has 0 saturated heterocycles. The standard InChI is InChI=1S/C11H10N2O3/c14-11(12-8-9-6-7-15-13-9)16-10-4-2-1-3-5-10/h1-7H,8H2,(H,12,14). The number of aromatic nitrogens is 1. The molecule has 0 fully saturated rings. The molecule has 0 radical (unpaired) electrons. The number of para-hydroxylation sites is 1. The van der Waals surface area contributed by atoms with E-state index >= 15 is 0 Å². The van der Waals surface area contributed by atoms with E-state index < -0.39 is 6.09 Å². The van der Waals surface area contributed by atoms with Crippen LogP contribution in [0.3, 0.4) is 0 Å². The lowest BCUT2D eigenvalue weighted by Crippen LogP contribution is -2.26. The Morgan fingerprint density at radius 2 is 2.12 bits per heavy atom. The van der Waals surface area contributed by atoms with E-state index in [2.05, 4.69) is 15.0 Å². The lowest BCUT2D eigenvalue weighted by Gasteiger charge is -2.04. The molecule has 1 aromatic carbocycles. The van der Waals surface area contributed by atoms with Crippen molar-refractivity contribution in [2.75, 3.05) is 0 Å². The number of hydrogen-bond acceptors (Lipinski definition) is 4. The minimum atomic E-state index is -0.519. The predicted octanol–water partition coefficient (Wildman–Crippen LogP) is 1.96. The molecule has 0 aliphatic carbocycles. The summed E-state index contributed by atoms with van der Waals surface area (Å²) in [6, 6.07) is 10.5. The first-order chi connectivity index (χ1) is 7.84. The highest BCUT2D eigenvalue weighted by molar-refractivity contribution is 5.70. The minimum Gasteiger partial charge on any atom is -0.410 e. The van der Waals surface area contributed by atoms with Crippen LogP contribution in [0.2, 0.25) is 0 Å². The fourth-order valence-electron chi connectivity index (χ4n) is 1.12. The molecule has 0 spiro atoms. The maximum absolute atomic E-state index is 11.3. The third-order valence-electron chi connectivity index (χ3n) is 1.86. The van der Waals surface area contributed by atoms with Gasteiger partial charge in [0.05, 0.1) is 6.54 Å². The Labute approximate surface area is 92.0 Å². The first kappa shape index (κ1) is 10.2. The highest BCUT2D eigenvalue weighted by Crippen LogP contribution is 2.08.